The summed E-state index contributed by atoms with van der Waals surface area (Å²) in [4.78, 5) is 14.3. The molecule has 0 bridgehead atoms. The van der Waals surface area contributed by atoms with Crippen LogP contribution in [0.4, 0.5) is 4.39 Å². The van der Waals surface area contributed by atoms with E-state index in [-0.39, 0.29) is 37.3 Å². The van der Waals surface area contributed by atoms with Gasteiger partial charge < -0.3 is 10.0 Å². The second-order valence-corrected chi connectivity index (χ2v) is 7.14. The predicted octanol–water partition coefficient (Wildman–Crippen LogP) is 2.67. The Kier molecular flexibility index (Phi) is 6.08. The molecule has 2 aromatic heterocycles. The highest BCUT2D eigenvalue weighted by Gasteiger charge is 2.18. The number of aliphatic hydroxyl groups is 1. The summed E-state index contributed by atoms with van der Waals surface area (Å²) in [6.45, 7) is 6.93. The molecule has 0 spiro atoms. The van der Waals surface area contributed by atoms with E-state index in [1.165, 1.54) is 12.1 Å². The van der Waals surface area contributed by atoms with Crippen LogP contribution in [-0.2, 0) is 17.9 Å². The predicted molar refractivity (Wildman–Crippen MR) is 104 cm³/mol. The molecule has 0 saturated carbocycles. The number of nitrogens with zero attached hydrogens (tertiary/aromatic N) is 5. The first kappa shape index (κ1) is 20.0. The van der Waals surface area contributed by atoms with E-state index in [4.69, 9.17) is 0 Å². The smallest absolute Gasteiger partial charge is 0.224 e. The fourth-order valence-corrected chi connectivity index (χ4v) is 3.32. The first-order valence-corrected chi connectivity index (χ1v) is 9.44. The number of amides is 1. The first-order chi connectivity index (χ1) is 13.4. The molecule has 1 N–H and O–H groups in total. The number of aryl methyl sites for hydroxylation is 2. The molecular formula is C20H26FN5O2. The standard InChI is InChI=1S/C20H26FN5O2/c1-14(2)26-18-12-22-25(20(18)15(3)23-26)9-8-19(28)24(10-11-27)13-16-4-6-17(21)7-5-16/h4-7,12,14,27H,8-11,13H2,1-3H3. The van der Waals surface area contributed by atoms with E-state index in [1.54, 1.807) is 23.2 Å². The molecule has 0 aliphatic heterocycles. The van der Waals surface area contributed by atoms with Crippen molar-refractivity contribution in [1.29, 1.82) is 0 Å². The number of benzene rings is 1. The fraction of sp³-hybridized carbons (Fsp3) is 0.450. The third-order valence-corrected chi connectivity index (χ3v) is 4.70. The zero-order valence-corrected chi connectivity index (χ0v) is 16.5. The van der Waals surface area contributed by atoms with Crippen LogP contribution in [-0.4, -0.2) is 48.6 Å². The molecule has 0 aliphatic rings. The number of rotatable bonds is 8. The molecule has 3 aromatic rings. The highest BCUT2D eigenvalue weighted by atomic mass is 19.1. The van der Waals surface area contributed by atoms with Gasteiger partial charge in [-0.3, -0.25) is 14.2 Å². The minimum Gasteiger partial charge on any atom is -0.395 e. The van der Waals surface area contributed by atoms with E-state index >= 15 is 0 Å². The van der Waals surface area contributed by atoms with Crippen LogP contribution < -0.4 is 0 Å². The summed E-state index contributed by atoms with van der Waals surface area (Å²) >= 11 is 0. The van der Waals surface area contributed by atoms with Crippen LogP contribution in [0, 0.1) is 12.7 Å². The normalized spacial score (nSPS) is 11.5. The lowest BCUT2D eigenvalue weighted by Crippen LogP contribution is -2.33. The van der Waals surface area contributed by atoms with Crippen molar-refractivity contribution in [2.24, 2.45) is 0 Å². The van der Waals surface area contributed by atoms with Crippen molar-refractivity contribution in [1.82, 2.24) is 24.5 Å². The van der Waals surface area contributed by atoms with Gasteiger partial charge in [0.25, 0.3) is 0 Å². The van der Waals surface area contributed by atoms with Crippen LogP contribution in [0.25, 0.3) is 11.0 Å². The number of carbonyl (C=O) groups excluding carboxylic acids is 1. The number of carbonyl (C=O) groups is 1. The fourth-order valence-electron chi connectivity index (χ4n) is 3.32. The number of aliphatic hydroxyl groups excluding tert-OH is 1. The van der Waals surface area contributed by atoms with E-state index in [9.17, 15) is 14.3 Å². The molecule has 0 fully saturated rings. The summed E-state index contributed by atoms with van der Waals surface area (Å²) < 4.78 is 16.8. The first-order valence-electron chi connectivity index (χ1n) is 9.44. The maximum Gasteiger partial charge on any atom is 0.224 e. The Hall–Kier alpha value is -2.74. The minimum atomic E-state index is -0.316. The molecule has 150 valence electrons. The minimum absolute atomic E-state index is 0.0871. The van der Waals surface area contributed by atoms with Gasteiger partial charge in [-0.25, -0.2) is 4.39 Å². The van der Waals surface area contributed by atoms with E-state index in [0.29, 0.717) is 13.1 Å². The van der Waals surface area contributed by atoms with Gasteiger partial charge in [-0.1, -0.05) is 12.1 Å². The third-order valence-electron chi connectivity index (χ3n) is 4.70. The quantitative estimate of drug-likeness (QED) is 0.645. The monoisotopic (exact) mass is 387 g/mol. The Morgan fingerprint density at radius 2 is 2.00 bits per heavy atom. The zero-order valence-electron chi connectivity index (χ0n) is 16.5. The lowest BCUT2D eigenvalue weighted by atomic mass is 10.2. The van der Waals surface area contributed by atoms with Gasteiger partial charge in [-0.05, 0) is 38.5 Å². The van der Waals surface area contributed by atoms with Crippen LogP contribution in [0.1, 0.15) is 37.6 Å². The summed E-state index contributed by atoms with van der Waals surface area (Å²) in [5.41, 5.74) is 3.60. The molecular weight excluding hydrogens is 361 g/mol. The molecule has 28 heavy (non-hydrogen) atoms. The van der Waals surface area contributed by atoms with Crippen LogP contribution >= 0.6 is 0 Å². The average Bonchev–Trinajstić information content (AvgIpc) is 3.22. The number of hydrogen-bond acceptors (Lipinski definition) is 4. The molecule has 0 atom stereocenters. The SMILES string of the molecule is Cc1nn(C(C)C)c2cnn(CCC(=O)N(CCO)Cc3ccc(F)cc3)c12. The highest BCUT2D eigenvalue weighted by molar-refractivity contribution is 5.79. The Balaban J connectivity index is 1.70. The average molecular weight is 387 g/mol. The lowest BCUT2D eigenvalue weighted by Gasteiger charge is -2.22. The third kappa shape index (κ3) is 4.22. The molecule has 0 aliphatic carbocycles. The Labute approximate surface area is 163 Å². The molecule has 0 radical (unpaired) electrons. The van der Waals surface area contributed by atoms with Crippen molar-refractivity contribution in [2.45, 2.75) is 46.3 Å². The second kappa shape index (κ2) is 8.52. The number of aromatic nitrogens is 4. The van der Waals surface area contributed by atoms with E-state index in [1.807, 2.05) is 16.3 Å². The number of hydrogen-bond donors (Lipinski definition) is 1. The number of fused-ring (bicyclic) bond motifs is 1. The maximum absolute atomic E-state index is 13.1. The molecule has 0 saturated heterocycles. The van der Waals surface area contributed by atoms with Gasteiger partial charge >= 0.3 is 0 Å². The van der Waals surface area contributed by atoms with Gasteiger partial charge in [0.2, 0.25) is 5.91 Å². The Bertz CT molecular complexity index is 946. The van der Waals surface area contributed by atoms with Crippen LogP contribution in [0.5, 0.6) is 0 Å². The Morgan fingerprint density at radius 3 is 2.64 bits per heavy atom. The van der Waals surface area contributed by atoms with Crippen molar-refractivity contribution in [3.8, 4) is 0 Å². The number of halogens is 1. The molecule has 7 nitrogen and oxygen atoms in total. The molecule has 3 rings (SSSR count). The Morgan fingerprint density at radius 1 is 1.29 bits per heavy atom. The van der Waals surface area contributed by atoms with Crippen LogP contribution in [0.15, 0.2) is 30.5 Å². The van der Waals surface area contributed by atoms with Crippen molar-refractivity contribution in [3.63, 3.8) is 0 Å². The van der Waals surface area contributed by atoms with Gasteiger partial charge in [0.05, 0.1) is 25.0 Å². The maximum atomic E-state index is 13.1. The summed E-state index contributed by atoms with van der Waals surface area (Å²) in [6.07, 6.45) is 2.04. The van der Waals surface area contributed by atoms with Gasteiger partial charge in [0, 0.05) is 25.6 Å². The van der Waals surface area contributed by atoms with Crippen LogP contribution in [0.2, 0.25) is 0 Å². The highest BCUT2D eigenvalue weighted by Crippen LogP contribution is 2.21. The second-order valence-electron chi connectivity index (χ2n) is 7.14. The van der Waals surface area contributed by atoms with Gasteiger partial charge in [-0.2, -0.15) is 10.2 Å². The topological polar surface area (TPSA) is 76.2 Å². The van der Waals surface area contributed by atoms with E-state index < -0.39 is 0 Å². The molecule has 2 heterocycles. The summed E-state index contributed by atoms with van der Waals surface area (Å²) in [7, 11) is 0. The van der Waals surface area contributed by atoms with Crippen molar-refractivity contribution < 1.29 is 14.3 Å². The molecule has 1 aromatic carbocycles. The van der Waals surface area contributed by atoms with E-state index in [0.717, 1.165) is 22.3 Å². The van der Waals surface area contributed by atoms with Crippen molar-refractivity contribution >= 4 is 16.9 Å². The summed E-state index contributed by atoms with van der Waals surface area (Å²) in [5, 5.41) is 18.3. The molecule has 0 unspecified atom stereocenters. The molecule has 8 heteroatoms. The van der Waals surface area contributed by atoms with Crippen LogP contribution in [0.3, 0.4) is 0 Å². The van der Waals surface area contributed by atoms with E-state index in [2.05, 4.69) is 24.0 Å². The molecule has 1 amide bonds. The van der Waals surface area contributed by atoms with Gasteiger partial charge in [-0.15, -0.1) is 0 Å². The van der Waals surface area contributed by atoms with Gasteiger partial charge in [0.15, 0.2) is 0 Å². The zero-order chi connectivity index (χ0) is 20.3. The largest absolute Gasteiger partial charge is 0.395 e. The van der Waals surface area contributed by atoms with Gasteiger partial charge in [0.1, 0.15) is 16.9 Å². The van der Waals surface area contributed by atoms with Crippen molar-refractivity contribution in [3.05, 3.63) is 47.5 Å². The summed E-state index contributed by atoms with van der Waals surface area (Å²) in [5.74, 6) is -0.403. The van der Waals surface area contributed by atoms with Crippen molar-refractivity contribution in [2.75, 3.05) is 13.2 Å². The summed E-state index contributed by atoms with van der Waals surface area (Å²) in [6, 6.07) is 6.26. The lowest BCUT2D eigenvalue weighted by molar-refractivity contribution is -0.132.